The number of halogens is 4. The van der Waals surface area contributed by atoms with E-state index in [0.29, 0.717) is 6.07 Å². The standard InChI is InChI=1S/C16H13ClF3NO4S/c1-21(2)26(23,24)12-6-7-14(17)13(9-12)15(22)25-11-5-3-4-10(8-11)16(18,19)20/h3-9H,1-2H3. The van der Waals surface area contributed by atoms with Gasteiger partial charge in [0.1, 0.15) is 5.75 Å². The predicted octanol–water partition coefficient (Wildman–Crippen LogP) is 3.83. The molecule has 2 rings (SSSR count). The van der Waals surface area contributed by atoms with Crippen LogP contribution in [-0.4, -0.2) is 32.8 Å². The largest absolute Gasteiger partial charge is 0.423 e. The Hall–Kier alpha value is -2.10. The van der Waals surface area contributed by atoms with Gasteiger partial charge in [-0.05, 0) is 36.4 Å². The third kappa shape index (κ3) is 4.35. The highest BCUT2D eigenvalue weighted by Gasteiger charge is 2.31. The van der Waals surface area contributed by atoms with Crippen LogP contribution in [0.25, 0.3) is 0 Å². The van der Waals surface area contributed by atoms with Crippen LogP contribution in [0.2, 0.25) is 5.02 Å². The van der Waals surface area contributed by atoms with Gasteiger partial charge in [0.25, 0.3) is 0 Å². The average Bonchev–Trinajstić information content (AvgIpc) is 2.54. The molecule has 2 aromatic rings. The summed E-state index contributed by atoms with van der Waals surface area (Å²) in [5.41, 5.74) is -1.27. The van der Waals surface area contributed by atoms with Gasteiger partial charge in [-0.3, -0.25) is 0 Å². The topological polar surface area (TPSA) is 63.7 Å². The molecule has 0 aliphatic heterocycles. The van der Waals surface area contributed by atoms with Crippen LogP contribution in [0.4, 0.5) is 13.2 Å². The summed E-state index contributed by atoms with van der Waals surface area (Å²) in [6, 6.07) is 7.15. The van der Waals surface area contributed by atoms with E-state index in [1.54, 1.807) is 0 Å². The lowest BCUT2D eigenvalue weighted by atomic mass is 10.2. The van der Waals surface area contributed by atoms with Gasteiger partial charge in [-0.1, -0.05) is 17.7 Å². The Labute approximate surface area is 153 Å². The van der Waals surface area contributed by atoms with E-state index in [1.165, 1.54) is 32.3 Å². The first kappa shape index (κ1) is 20.2. The normalized spacial score (nSPS) is 12.3. The Bertz CT molecular complexity index is 943. The maximum Gasteiger partial charge on any atom is 0.416 e. The monoisotopic (exact) mass is 407 g/mol. The molecule has 5 nitrogen and oxygen atoms in total. The number of hydrogen-bond donors (Lipinski definition) is 0. The summed E-state index contributed by atoms with van der Waals surface area (Å²) in [5.74, 6) is -1.42. The minimum atomic E-state index is -4.60. The minimum absolute atomic E-state index is 0.0975. The molecule has 0 bridgehead atoms. The SMILES string of the molecule is CN(C)S(=O)(=O)c1ccc(Cl)c(C(=O)Oc2cccc(C(F)(F)F)c2)c1. The van der Waals surface area contributed by atoms with Crippen molar-refractivity contribution in [2.45, 2.75) is 11.1 Å². The fraction of sp³-hybridized carbons (Fsp3) is 0.188. The van der Waals surface area contributed by atoms with E-state index < -0.39 is 27.7 Å². The van der Waals surface area contributed by atoms with Crippen molar-refractivity contribution in [1.82, 2.24) is 4.31 Å². The Kier molecular flexibility index (Phi) is 5.64. The van der Waals surface area contributed by atoms with Crippen molar-refractivity contribution < 1.29 is 31.1 Å². The maximum absolute atomic E-state index is 12.7. The van der Waals surface area contributed by atoms with E-state index in [0.717, 1.165) is 22.5 Å². The Morgan fingerprint density at radius 3 is 2.35 bits per heavy atom. The molecule has 0 heterocycles. The molecule has 0 N–H and O–H groups in total. The number of rotatable bonds is 4. The van der Waals surface area contributed by atoms with Gasteiger partial charge in [-0.15, -0.1) is 0 Å². The molecule has 10 heteroatoms. The smallest absolute Gasteiger partial charge is 0.416 e. The molecule has 0 saturated carbocycles. The minimum Gasteiger partial charge on any atom is -0.423 e. The van der Waals surface area contributed by atoms with Gasteiger partial charge < -0.3 is 4.74 Å². The summed E-state index contributed by atoms with van der Waals surface area (Å²) >= 11 is 5.90. The number of benzene rings is 2. The van der Waals surface area contributed by atoms with Crippen molar-refractivity contribution in [2.75, 3.05) is 14.1 Å². The number of sulfonamides is 1. The molecule has 26 heavy (non-hydrogen) atoms. The lowest BCUT2D eigenvalue weighted by molar-refractivity contribution is -0.137. The molecule has 140 valence electrons. The van der Waals surface area contributed by atoms with E-state index in [-0.39, 0.29) is 21.2 Å². The lowest BCUT2D eigenvalue weighted by Crippen LogP contribution is -2.22. The van der Waals surface area contributed by atoms with Crippen LogP contribution < -0.4 is 4.74 Å². The van der Waals surface area contributed by atoms with Crippen molar-refractivity contribution in [3.05, 3.63) is 58.6 Å². The fourth-order valence-electron chi connectivity index (χ4n) is 1.93. The van der Waals surface area contributed by atoms with Crippen molar-refractivity contribution >= 4 is 27.6 Å². The first-order valence-corrected chi connectivity index (χ1v) is 8.86. The Morgan fingerprint density at radius 2 is 1.77 bits per heavy atom. The molecule has 0 radical (unpaired) electrons. The summed E-state index contributed by atoms with van der Waals surface area (Å²) in [7, 11) is -1.21. The quantitative estimate of drug-likeness (QED) is 0.571. The summed E-state index contributed by atoms with van der Waals surface area (Å²) in [6.07, 6.45) is -4.60. The fourth-order valence-corrected chi connectivity index (χ4v) is 3.05. The maximum atomic E-state index is 12.7. The van der Waals surface area contributed by atoms with Crippen LogP contribution in [0, 0.1) is 0 Å². The number of alkyl halides is 3. The van der Waals surface area contributed by atoms with Crippen molar-refractivity contribution in [3.63, 3.8) is 0 Å². The molecule has 0 aromatic heterocycles. The van der Waals surface area contributed by atoms with E-state index in [4.69, 9.17) is 16.3 Å². The van der Waals surface area contributed by atoms with E-state index in [1.807, 2.05) is 0 Å². The average molecular weight is 408 g/mol. The van der Waals surface area contributed by atoms with Gasteiger partial charge in [0, 0.05) is 14.1 Å². The highest BCUT2D eigenvalue weighted by molar-refractivity contribution is 7.89. The van der Waals surface area contributed by atoms with Gasteiger partial charge in [0.2, 0.25) is 10.0 Å². The number of ether oxygens (including phenoxy) is 1. The van der Waals surface area contributed by atoms with Crippen LogP contribution in [0.15, 0.2) is 47.4 Å². The first-order chi connectivity index (χ1) is 11.9. The Morgan fingerprint density at radius 1 is 1.12 bits per heavy atom. The van der Waals surface area contributed by atoms with E-state index >= 15 is 0 Å². The van der Waals surface area contributed by atoms with Gasteiger partial charge in [-0.2, -0.15) is 13.2 Å². The molecule has 0 aliphatic carbocycles. The molecular weight excluding hydrogens is 395 g/mol. The third-order valence-electron chi connectivity index (χ3n) is 3.31. The molecule has 0 atom stereocenters. The zero-order valence-corrected chi connectivity index (χ0v) is 15.1. The van der Waals surface area contributed by atoms with Crippen LogP contribution in [0.1, 0.15) is 15.9 Å². The molecule has 0 spiro atoms. The molecule has 0 saturated heterocycles. The van der Waals surface area contributed by atoms with Crippen LogP contribution in [-0.2, 0) is 16.2 Å². The number of carbonyl (C=O) groups excluding carboxylic acids is 1. The third-order valence-corrected chi connectivity index (χ3v) is 5.45. The molecule has 2 aromatic carbocycles. The summed E-state index contributed by atoms with van der Waals surface area (Å²) in [6.45, 7) is 0. The molecule has 0 fully saturated rings. The first-order valence-electron chi connectivity index (χ1n) is 7.04. The number of carbonyl (C=O) groups is 1. The second-order valence-electron chi connectivity index (χ2n) is 5.34. The van der Waals surface area contributed by atoms with E-state index in [9.17, 15) is 26.4 Å². The highest BCUT2D eigenvalue weighted by Crippen LogP contribution is 2.32. The summed E-state index contributed by atoms with van der Waals surface area (Å²) in [4.78, 5) is 12.0. The summed E-state index contributed by atoms with van der Waals surface area (Å²) < 4.78 is 68.3. The van der Waals surface area contributed by atoms with Crippen molar-refractivity contribution in [1.29, 1.82) is 0 Å². The van der Waals surface area contributed by atoms with Crippen LogP contribution in [0.3, 0.4) is 0 Å². The van der Waals surface area contributed by atoms with Gasteiger partial charge in [0.05, 0.1) is 21.0 Å². The predicted molar refractivity (Wildman–Crippen MR) is 88.7 cm³/mol. The summed E-state index contributed by atoms with van der Waals surface area (Å²) in [5, 5.41) is -0.0975. The van der Waals surface area contributed by atoms with E-state index in [2.05, 4.69) is 0 Å². The Balaban J connectivity index is 2.36. The second-order valence-corrected chi connectivity index (χ2v) is 7.90. The van der Waals surface area contributed by atoms with Gasteiger partial charge in [-0.25, -0.2) is 17.5 Å². The second kappa shape index (κ2) is 7.26. The number of hydrogen-bond acceptors (Lipinski definition) is 4. The zero-order valence-electron chi connectivity index (χ0n) is 13.5. The van der Waals surface area contributed by atoms with Gasteiger partial charge in [0.15, 0.2) is 0 Å². The molecular formula is C16H13ClF3NO4S. The van der Waals surface area contributed by atoms with Crippen LogP contribution >= 0.6 is 11.6 Å². The highest BCUT2D eigenvalue weighted by atomic mass is 35.5. The number of nitrogens with zero attached hydrogens (tertiary/aromatic N) is 1. The molecule has 0 amide bonds. The molecule has 0 aliphatic rings. The van der Waals surface area contributed by atoms with Gasteiger partial charge >= 0.3 is 12.1 Å². The van der Waals surface area contributed by atoms with Crippen LogP contribution in [0.5, 0.6) is 5.75 Å². The lowest BCUT2D eigenvalue weighted by Gasteiger charge is -2.13. The van der Waals surface area contributed by atoms with Crippen molar-refractivity contribution in [2.24, 2.45) is 0 Å². The molecule has 0 unspecified atom stereocenters. The van der Waals surface area contributed by atoms with Crippen molar-refractivity contribution in [3.8, 4) is 5.75 Å². The zero-order chi connectivity index (χ0) is 19.7. The number of esters is 1.